The van der Waals surface area contributed by atoms with Gasteiger partial charge in [0.1, 0.15) is 11.2 Å². The van der Waals surface area contributed by atoms with Crippen molar-refractivity contribution >= 4 is 32.7 Å². The summed E-state index contributed by atoms with van der Waals surface area (Å²) in [6.45, 7) is 0. The molecular weight excluding hydrogens is 767 g/mol. The van der Waals surface area contributed by atoms with Crippen LogP contribution in [0.1, 0.15) is 43.2 Å². The molecule has 0 N–H and O–H groups in total. The van der Waals surface area contributed by atoms with E-state index >= 15 is 0 Å². The van der Waals surface area contributed by atoms with Crippen molar-refractivity contribution in [3.8, 4) is 67.5 Å². The Hall–Kier alpha value is -7.17. The zero-order valence-corrected chi connectivity index (χ0v) is 34.8. The Morgan fingerprint density at radius 1 is 0.365 bits per heavy atom. The van der Waals surface area contributed by atoms with Gasteiger partial charge in [-0.25, -0.2) is 15.0 Å². The Morgan fingerprint density at radius 3 is 1.57 bits per heavy atom. The maximum Gasteiger partial charge on any atom is 0.164 e. The van der Waals surface area contributed by atoms with Crippen LogP contribution in [0.5, 0.6) is 0 Å². The molecule has 4 heteroatoms. The summed E-state index contributed by atoms with van der Waals surface area (Å²) in [5, 5.41) is 4.80. The van der Waals surface area contributed by atoms with Gasteiger partial charge in [0.15, 0.2) is 17.5 Å². The van der Waals surface area contributed by atoms with E-state index in [4.69, 9.17) is 19.4 Å². The normalized spacial score (nSPS) is 21.7. The topological polar surface area (TPSA) is 51.8 Å². The average molecular weight is 810 g/mol. The Kier molecular flexibility index (Phi) is 7.54. The van der Waals surface area contributed by atoms with Gasteiger partial charge in [0, 0.05) is 43.8 Å². The molecule has 10 aromatic rings. The highest BCUT2D eigenvalue weighted by Gasteiger charge is 2.63. The Balaban J connectivity index is 1.04. The SMILES string of the molecule is c1ccc(-c2cc(-c3ccccc3)cc(-c3nc(-c4ccccc4)nc(-c4cccc5c4C4(c6c-5ccc5c6oc6c7ccccc7ccc56)C5CC6CC(C5)CC4C6)n3)c2)cc1. The Morgan fingerprint density at radius 2 is 0.889 bits per heavy atom. The Labute approximate surface area is 366 Å². The zero-order chi connectivity index (χ0) is 41.2. The smallest absolute Gasteiger partial charge is 0.164 e. The van der Waals surface area contributed by atoms with Crippen LogP contribution >= 0.6 is 0 Å². The van der Waals surface area contributed by atoms with Crippen LogP contribution in [0, 0.1) is 23.7 Å². The molecule has 4 bridgehead atoms. The third kappa shape index (κ3) is 5.18. The minimum absolute atomic E-state index is 0.217. The summed E-state index contributed by atoms with van der Waals surface area (Å²) in [5.74, 6) is 4.69. The van der Waals surface area contributed by atoms with Crippen LogP contribution in [0.25, 0.3) is 100 Å². The van der Waals surface area contributed by atoms with Crippen LogP contribution in [0.15, 0.2) is 180 Å². The van der Waals surface area contributed by atoms with E-state index in [0.29, 0.717) is 23.5 Å². The van der Waals surface area contributed by atoms with Crippen molar-refractivity contribution in [1.29, 1.82) is 0 Å². The summed E-state index contributed by atoms with van der Waals surface area (Å²) in [6.07, 6.45) is 6.41. The van der Waals surface area contributed by atoms with Gasteiger partial charge in [-0.1, -0.05) is 146 Å². The van der Waals surface area contributed by atoms with E-state index in [2.05, 4.69) is 176 Å². The highest BCUT2D eigenvalue weighted by molar-refractivity contribution is 6.17. The zero-order valence-electron chi connectivity index (χ0n) is 34.8. The molecule has 0 aliphatic heterocycles. The van der Waals surface area contributed by atoms with E-state index in [1.165, 1.54) is 75.9 Å². The molecule has 4 saturated carbocycles. The molecule has 0 atom stereocenters. The van der Waals surface area contributed by atoms with Crippen LogP contribution in [0.4, 0.5) is 0 Å². The number of fused-ring (bicyclic) bond motifs is 9. The van der Waals surface area contributed by atoms with Crippen molar-refractivity contribution in [3.63, 3.8) is 0 Å². The lowest BCUT2D eigenvalue weighted by molar-refractivity contribution is -0.0394. The van der Waals surface area contributed by atoms with Crippen LogP contribution in [-0.4, -0.2) is 15.0 Å². The van der Waals surface area contributed by atoms with Crippen LogP contribution < -0.4 is 0 Å². The quantitative estimate of drug-likeness (QED) is 0.174. The highest BCUT2D eigenvalue weighted by Crippen LogP contribution is 2.71. The molecule has 0 amide bonds. The summed E-state index contributed by atoms with van der Waals surface area (Å²) in [7, 11) is 0. The summed E-state index contributed by atoms with van der Waals surface area (Å²) >= 11 is 0. The second-order valence-electron chi connectivity index (χ2n) is 18.7. The van der Waals surface area contributed by atoms with Gasteiger partial charge in [0.05, 0.1) is 0 Å². The summed E-state index contributed by atoms with van der Waals surface area (Å²) in [5.41, 5.74) is 14.9. The van der Waals surface area contributed by atoms with E-state index in [1.54, 1.807) is 0 Å². The predicted molar refractivity (Wildman–Crippen MR) is 255 cm³/mol. The summed E-state index contributed by atoms with van der Waals surface area (Å²) in [4.78, 5) is 16.4. The number of rotatable bonds is 5. The number of aromatic nitrogens is 3. The van der Waals surface area contributed by atoms with Crippen LogP contribution in [-0.2, 0) is 5.41 Å². The van der Waals surface area contributed by atoms with Crippen molar-refractivity contribution < 1.29 is 4.42 Å². The number of hydrogen-bond acceptors (Lipinski definition) is 4. The first-order chi connectivity index (χ1) is 31.2. The first-order valence-electron chi connectivity index (χ1n) is 22.8. The van der Waals surface area contributed by atoms with Gasteiger partial charge in [-0.05, 0) is 130 Å². The van der Waals surface area contributed by atoms with Gasteiger partial charge in [0.2, 0.25) is 0 Å². The lowest BCUT2D eigenvalue weighted by atomic mass is 9.42. The number of benzene rings is 8. The third-order valence-electron chi connectivity index (χ3n) is 15.5. The fourth-order valence-electron chi connectivity index (χ4n) is 13.2. The molecular formula is C59H43N3O. The first kappa shape index (κ1) is 35.4. The van der Waals surface area contributed by atoms with E-state index < -0.39 is 0 Å². The lowest BCUT2D eigenvalue weighted by Crippen LogP contribution is -2.55. The molecule has 2 aromatic heterocycles. The number of furan rings is 1. The van der Waals surface area contributed by atoms with Gasteiger partial charge in [0.25, 0.3) is 0 Å². The molecule has 300 valence electrons. The molecule has 5 aliphatic carbocycles. The molecule has 0 unspecified atom stereocenters. The monoisotopic (exact) mass is 809 g/mol. The predicted octanol–water partition coefficient (Wildman–Crippen LogP) is 15.0. The molecule has 4 nitrogen and oxygen atoms in total. The van der Waals surface area contributed by atoms with Crippen molar-refractivity contribution in [2.45, 2.75) is 37.5 Å². The number of hydrogen-bond donors (Lipinski definition) is 0. The van der Waals surface area contributed by atoms with Crippen molar-refractivity contribution in [2.24, 2.45) is 23.7 Å². The van der Waals surface area contributed by atoms with Gasteiger partial charge in [-0.15, -0.1) is 0 Å². The fourth-order valence-corrected chi connectivity index (χ4v) is 13.2. The maximum absolute atomic E-state index is 7.32. The number of nitrogens with zero attached hydrogens (tertiary/aromatic N) is 3. The highest BCUT2D eigenvalue weighted by atomic mass is 16.3. The fraction of sp³-hybridized carbons (Fsp3) is 0.169. The average Bonchev–Trinajstić information content (AvgIpc) is 3.88. The van der Waals surface area contributed by atoms with E-state index in [0.717, 1.165) is 67.8 Å². The van der Waals surface area contributed by atoms with E-state index in [9.17, 15) is 0 Å². The molecule has 8 aromatic carbocycles. The lowest BCUT2D eigenvalue weighted by Gasteiger charge is -2.61. The molecule has 4 fully saturated rings. The van der Waals surface area contributed by atoms with Gasteiger partial charge < -0.3 is 4.42 Å². The molecule has 15 rings (SSSR count). The standard InChI is InChI=1S/C59H43N3O/c1-4-13-37(14-5-1)41-32-42(38-15-6-2-7-16-38)34-43(33-41)57-60-56(40-18-8-3-9-19-40)61-58(62-57)51-22-12-21-47-48-25-26-50-49-24-23-39-17-10-11-20-46(39)54(49)63-55(50)53(48)59(52(47)51)44-28-35-27-36(30-44)31-45(59)29-35/h1-26,32-36,44-45H,27-31H2. The maximum atomic E-state index is 7.32. The minimum atomic E-state index is -0.217. The summed E-state index contributed by atoms with van der Waals surface area (Å²) < 4.78 is 7.32. The van der Waals surface area contributed by atoms with E-state index in [1.807, 2.05) is 0 Å². The van der Waals surface area contributed by atoms with E-state index in [-0.39, 0.29) is 5.41 Å². The Bertz CT molecular complexity index is 3380. The minimum Gasteiger partial charge on any atom is -0.455 e. The van der Waals surface area contributed by atoms with Crippen molar-refractivity contribution in [1.82, 2.24) is 15.0 Å². The molecule has 0 saturated heterocycles. The van der Waals surface area contributed by atoms with Crippen molar-refractivity contribution in [3.05, 3.63) is 187 Å². The molecule has 5 aliphatic rings. The molecule has 1 spiro atoms. The molecule has 2 heterocycles. The first-order valence-corrected chi connectivity index (χ1v) is 22.8. The van der Waals surface area contributed by atoms with Gasteiger partial charge >= 0.3 is 0 Å². The second-order valence-corrected chi connectivity index (χ2v) is 18.7. The molecule has 0 radical (unpaired) electrons. The third-order valence-corrected chi connectivity index (χ3v) is 15.5. The van der Waals surface area contributed by atoms with Crippen molar-refractivity contribution in [2.75, 3.05) is 0 Å². The van der Waals surface area contributed by atoms with Crippen LogP contribution in [0.2, 0.25) is 0 Å². The van der Waals surface area contributed by atoms with Gasteiger partial charge in [-0.3, -0.25) is 0 Å². The largest absolute Gasteiger partial charge is 0.455 e. The second kappa shape index (κ2) is 13.4. The van der Waals surface area contributed by atoms with Gasteiger partial charge in [-0.2, -0.15) is 0 Å². The van der Waals surface area contributed by atoms with Crippen LogP contribution in [0.3, 0.4) is 0 Å². The molecule has 63 heavy (non-hydrogen) atoms. The summed E-state index contributed by atoms with van der Waals surface area (Å²) in [6, 6.07) is 63.4.